The first-order valence-corrected chi connectivity index (χ1v) is 6.30. The molecule has 0 bridgehead atoms. The Balaban J connectivity index is 2.03. The Morgan fingerprint density at radius 2 is 2.11 bits per heavy atom. The van der Waals surface area contributed by atoms with Crippen molar-refractivity contribution in [3.63, 3.8) is 0 Å². The molecule has 0 atom stereocenters. The minimum atomic E-state index is -4.37. The third-order valence-corrected chi connectivity index (χ3v) is 3.24. The van der Waals surface area contributed by atoms with Gasteiger partial charge in [-0.3, -0.25) is 0 Å². The summed E-state index contributed by atoms with van der Waals surface area (Å²) in [6.07, 6.45) is -4.37. The highest BCUT2D eigenvalue weighted by molar-refractivity contribution is 7.09. The second-order valence-corrected chi connectivity index (χ2v) is 4.69. The SMILES string of the molecule is NCc1nc(COc2cccc(C(F)(F)F)c2)cs1. The summed E-state index contributed by atoms with van der Waals surface area (Å²) in [4.78, 5) is 4.16. The predicted octanol–water partition coefficient (Wildman–Crippen LogP) is 3.20. The van der Waals surface area contributed by atoms with Gasteiger partial charge in [-0.15, -0.1) is 11.3 Å². The topological polar surface area (TPSA) is 48.1 Å². The fourth-order valence-corrected chi connectivity index (χ4v) is 2.09. The number of alkyl halides is 3. The zero-order chi connectivity index (χ0) is 13.9. The number of hydrogen-bond acceptors (Lipinski definition) is 4. The average Bonchev–Trinajstić information content (AvgIpc) is 2.84. The van der Waals surface area contributed by atoms with Crippen LogP contribution in [0, 0.1) is 0 Å². The maximum atomic E-state index is 12.5. The van der Waals surface area contributed by atoms with Crippen LogP contribution < -0.4 is 10.5 Å². The van der Waals surface area contributed by atoms with Gasteiger partial charge in [-0.25, -0.2) is 4.98 Å². The largest absolute Gasteiger partial charge is 0.487 e. The van der Waals surface area contributed by atoms with Crippen molar-refractivity contribution in [1.82, 2.24) is 4.98 Å². The van der Waals surface area contributed by atoms with E-state index in [0.29, 0.717) is 12.2 Å². The van der Waals surface area contributed by atoms with Crippen LogP contribution in [0.2, 0.25) is 0 Å². The Kier molecular flexibility index (Phi) is 4.06. The van der Waals surface area contributed by atoms with Crippen molar-refractivity contribution in [1.29, 1.82) is 0 Å². The van der Waals surface area contributed by atoms with Crippen molar-refractivity contribution in [2.45, 2.75) is 19.3 Å². The molecular formula is C12H11F3N2OS. The van der Waals surface area contributed by atoms with Crippen LogP contribution in [0.15, 0.2) is 29.6 Å². The molecule has 3 nitrogen and oxygen atoms in total. The quantitative estimate of drug-likeness (QED) is 0.940. The Bertz CT molecular complexity index is 554. The maximum Gasteiger partial charge on any atom is 0.416 e. The summed E-state index contributed by atoms with van der Waals surface area (Å²) in [7, 11) is 0. The lowest BCUT2D eigenvalue weighted by Gasteiger charge is -2.09. The number of benzene rings is 1. The first-order valence-electron chi connectivity index (χ1n) is 5.42. The Morgan fingerprint density at radius 3 is 2.74 bits per heavy atom. The molecule has 1 aromatic heterocycles. The maximum absolute atomic E-state index is 12.5. The van der Waals surface area contributed by atoms with Gasteiger partial charge in [-0.2, -0.15) is 13.2 Å². The number of aromatic nitrogens is 1. The molecule has 102 valence electrons. The van der Waals surface area contributed by atoms with Crippen LogP contribution in [0.25, 0.3) is 0 Å². The van der Waals surface area contributed by atoms with Crippen LogP contribution in [0.1, 0.15) is 16.3 Å². The highest BCUT2D eigenvalue weighted by atomic mass is 32.1. The van der Waals surface area contributed by atoms with Gasteiger partial charge < -0.3 is 10.5 Å². The van der Waals surface area contributed by atoms with E-state index < -0.39 is 11.7 Å². The monoisotopic (exact) mass is 288 g/mol. The van der Waals surface area contributed by atoms with Crippen molar-refractivity contribution in [3.8, 4) is 5.75 Å². The van der Waals surface area contributed by atoms with Crippen LogP contribution in [-0.4, -0.2) is 4.98 Å². The molecule has 0 spiro atoms. The summed E-state index contributed by atoms with van der Waals surface area (Å²) in [5.74, 6) is 0.164. The molecule has 0 unspecified atom stereocenters. The summed E-state index contributed by atoms with van der Waals surface area (Å²) in [6.45, 7) is 0.464. The molecule has 0 amide bonds. The van der Waals surface area contributed by atoms with Gasteiger partial charge in [0.15, 0.2) is 0 Å². The first-order chi connectivity index (χ1) is 8.99. The van der Waals surface area contributed by atoms with Crippen LogP contribution in [0.4, 0.5) is 13.2 Å². The molecule has 2 rings (SSSR count). The molecule has 0 radical (unpaired) electrons. The summed E-state index contributed by atoms with van der Waals surface area (Å²) in [5, 5.41) is 2.54. The average molecular weight is 288 g/mol. The van der Waals surface area contributed by atoms with E-state index in [1.165, 1.54) is 23.5 Å². The van der Waals surface area contributed by atoms with Gasteiger partial charge in [0.1, 0.15) is 17.4 Å². The van der Waals surface area contributed by atoms with Crippen molar-refractivity contribution in [2.75, 3.05) is 0 Å². The molecule has 1 aromatic carbocycles. The molecule has 7 heteroatoms. The number of halogens is 3. The lowest BCUT2D eigenvalue weighted by atomic mass is 10.2. The molecule has 19 heavy (non-hydrogen) atoms. The molecule has 0 aliphatic rings. The second-order valence-electron chi connectivity index (χ2n) is 3.75. The van der Waals surface area contributed by atoms with E-state index in [1.807, 2.05) is 0 Å². The molecule has 0 fully saturated rings. The standard InChI is InChI=1S/C12H11F3N2OS/c13-12(14,15)8-2-1-3-10(4-8)18-6-9-7-19-11(5-16)17-9/h1-4,7H,5-6,16H2. The van der Waals surface area contributed by atoms with Crippen molar-refractivity contribution in [3.05, 3.63) is 45.9 Å². The van der Waals surface area contributed by atoms with E-state index in [0.717, 1.165) is 17.1 Å². The number of nitrogens with zero attached hydrogens (tertiary/aromatic N) is 1. The lowest BCUT2D eigenvalue weighted by Crippen LogP contribution is -2.05. The first kappa shape index (κ1) is 13.8. The van der Waals surface area contributed by atoms with E-state index >= 15 is 0 Å². The molecule has 0 saturated carbocycles. The normalized spacial score (nSPS) is 11.6. The van der Waals surface area contributed by atoms with Crippen LogP contribution in [0.5, 0.6) is 5.75 Å². The van der Waals surface area contributed by atoms with Gasteiger partial charge >= 0.3 is 6.18 Å². The summed E-state index contributed by atoms with van der Waals surface area (Å²) >= 11 is 1.40. The zero-order valence-electron chi connectivity index (χ0n) is 9.78. The van der Waals surface area contributed by atoms with Gasteiger partial charge in [0.2, 0.25) is 0 Å². The van der Waals surface area contributed by atoms with Crippen molar-refractivity contribution in [2.24, 2.45) is 5.73 Å². The third kappa shape index (κ3) is 3.68. The Morgan fingerprint density at radius 1 is 1.32 bits per heavy atom. The van der Waals surface area contributed by atoms with Gasteiger partial charge in [0.05, 0.1) is 11.3 Å². The van der Waals surface area contributed by atoms with Gasteiger partial charge in [-0.05, 0) is 18.2 Å². The van der Waals surface area contributed by atoms with Crippen LogP contribution >= 0.6 is 11.3 Å². The Hall–Kier alpha value is -1.60. The fourth-order valence-electron chi connectivity index (χ4n) is 1.43. The van der Waals surface area contributed by atoms with Crippen LogP contribution in [-0.2, 0) is 19.3 Å². The molecule has 0 saturated heterocycles. The van der Waals surface area contributed by atoms with E-state index in [9.17, 15) is 13.2 Å². The lowest BCUT2D eigenvalue weighted by molar-refractivity contribution is -0.137. The molecule has 0 aliphatic carbocycles. The highest BCUT2D eigenvalue weighted by Gasteiger charge is 2.30. The third-order valence-electron chi connectivity index (χ3n) is 2.32. The summed E-state index contributed by atoms with van der Waals surface area (Å²) < 4.78 is 42.8. The zero-order valence-corrected chi connectivity index (χ0v) is 10.6. The van der Waals surface area contributed by atoms with Gasteiger partial charge in [0.25, 0.3) is 0 Å². The molecular weight excluding hydrogens is 277 g/mol. The Labute approximate surface area is 111 Å². The van der Waals surface area contributed by atoms with E-state index in [2.05, 4.69) is 4.98 Å². The molecule has 2 N–H and O–H groups in total. The van der Waals surface area contributed by atoms with Crippen molar-refractivity contribution < 1.29 is 17.9 Å². The van der Waals surface area contributed by atoms with Crippen LogP contribution in [0.3, 0.4) is 0 Å². The van der Waals surface area contributed by atoms with E-state index in [4.69, 9.17) is 10.5 Å². The van der Waals surface area contributed by atoms with Crippen molar-refractivity contribution >= 4 is 11.3 Å². The molecule has 0 aliphatic heterocycles. The fraction of sp³-hybridized carbons (Fsp3) is 0.250. The van der Waals surface area contributed by atoms with E-state index in [1.54, 1.807) is 5.38 Å². The van der Waals surface area contributed by atoms with Gasteiger partial charge in [-0.1, -0.05) is 6.07 Å². The number of nitrogens with two attached hydrogens (primary N) is 1. The minimum absolute atomic E-state index is 0.123. The number of thiazole rings is 1. The second kappa shape index (κ2) is 5.58. The smallest absolute Gasteiger partial charge is 0.416 e. The summed E-state index contributed by atoms with van der Waals surface area (Å²) in [6, 6.07) is 4.76. The van der Waals surface area contributed by atoms with E-state index in [-0.39, 0.29) is 12.4 Å². The number of rotatable bonds is 4. The predicted molar refractivity (Wildman–Crippen MR) is 65.8 cm³/mol. The minimum Gasteiger partial charge on any atom is -0.487 e. The number of ether oxygens (including phenoxy) is 1. The summed E-state index contributed by atoms with van der Waals surface area (Å²) in [5.41, 5.74) is 5.35. The number of hydrogen-bond donors (Lipinski definition) is 1. The highest BCUT2D eigenvalue weighted by Crippen LogP contribution is 2.31. The molecule has 1 heterocycles. The molecule has 2 aromatic rings. The van der Waals surface area contributed by atoms with Gasteiger partial charge in [0, 0.05) is 11.9 Å².